The molecule has 0 atom stereocenters. The normalized spacial score (nSPS) is 11.4. The van der Waals surface area contributed by atoms with E-state index in [1.54, 1.807) is 71.3 Å². The number of fused-ring (bicyclic) bond motifs is 1. The predicted molar refractivity (Wildman–Crippen MR) is 142 cm³/mol. The van der Waals surface area contributed by atoms with Gasteiger partial charge in [0.1, 0.15) is 18.6 Å². The Morgan fingerprint density at radius 3 is 2.49 bits per heavy atom. The van der Waals surface area contributed by atoms with Crippen molar-refractivity contribution in [3.8, 4) is 28.4 Å². The molecule has 0 aliphatic heterocycles. The summed E-state index contributed by atoms with van der Waals surface area (Å²) in [5.74, 6) is -0.237. The largest absolute Gasteiger partial charge is 0.505 e. The van der Waals surface area contributed by atoms with E-state index in [4.69, 9.17) is 0 Å². The number of halogens is 1. The Morgan fingerprint density at radius 2 is 1.70 bits per heavy atom. The molecule has 37 heavy (non-hydrogen) atoms. The first-order valence-electron chi connectivity index (χ1n) is 11.7. The SMILES string of the molecule is Cc1cc(C)c2c(N=Nc3cccc(-c4cccc(C=O)c4)c3O)c(O)n(-c3cccc(CF)c3)c2c1. The molecular weight excluding hydrogens is 469 g/mol. The number of nitrogens with zero attached hydrogens (tertiary/aromatic N) is 3. The van der Waals surface area contributed by atoms with Gasteiger partial charge < -0.3 is 10.2 Å². The standard InChI is InChI=1S/C30H24FN3O3/c1-18-12-19(2)27-26(13-18)34(23-9-4-6-20(15-23)16-31)30(37)28(27)33-32-25-11-5-10-24(29(25)36)22-8-3-7-21(14-22)17-35/h3-15,17,36-37H,16H2,1-2H3. The predicted octanol–water partition coefficient (Wildman–Crippen LogP) is 8.02. The second-order valence-electron chi connectivity index (χ2n) is 8.90. The Balaban J connectivity index is 1.66. The summed E-state index contributed by atoms with van der Waals surface area (Å²) >= 11 is 0. The maximum Gasteiger partial charge on any atom is 0.225 e. The van der Waals surface area contributed by atoms with Gasteiger partial charge in [-0.1, -0.05) is 48.5 Å². The maximum absolute atomic E-state index is 13.4. The molecule has 0 amide bonds. The van der Waals surface area contributed by atoms with Crippen molar-refractivity contribution in [2.24, 2.45) is 10.2 Å². The highest BCUT2D eigenvalue weighted by Gasteiger charge is 2.21. The zero-order valence-corrected chi connectivity index (χ0v) is 20.3. The summed E-state index contributed by atoms with van der Waals surface area (Å²) in [6.45, 7) is 3.27. The Bertz CT molecular complexity index is 1690. The number of carbonyl (C=O) groups is 1. The maximum atomic E-state index is 13.4. The lowest BCUT2D eigenvalue weighted by Crippen LogP contribution is -1.95. The molecule has 0 spiro atoms. The summed E-state index contributed by atoms with van der Waals surface area (Å²) in [4.78, 5) is 11.2. The number of phenols is 1. The Hall–Kier alpha value is -4.78. The molecule has 0 aliphatic carbocycles. The molecule has 6 nitrogen and oxygen atoms in total. The van der Waals surface area contributed by atoms with Crippen LogP contribution < -0.4 is 0 Å². The number of alkyl halides is 1. The number of para-hydroxylation sites is 1. The van der Waals surface area contributed by atoms with E-state index in [1.807, 2.05) is 26.0 Å². The molecule has 1 aromatic heterocycles. The van der Waals surface area contributed by atoms with Crippen molar-refractivity contribution in [3.63, 3.8) is 0 Å². The molecule has 0 aliphatic rings. The van der Waals surface area contributed by atoms with E-state index in [0.29, 0.717) is 38.8 Å². The van der Waals surface area contributed by atoms with Crippen molar-refractivity contribution in [1.82, 2.24) is 4.57 Å². The average Bonchev–Trinajstić information content (AvgIpc) is 3.19. The summed E-state index contributed by atoms with van der Waals surface area (Å²) in [5.41, 5.74) is 5.80. The highest BCUT2D eigenvalue weighted by atomic mass is 19.1. The molecule has 184 valence electrons. The smallest absolute Gasteiger partial charge is 0.225 e. The summed E-state index contributed by atoms with van der Waals surface area (Å²) < 4.78 is 15.0. The van der Waals surface area contributed by atoms with Crippen molar-refractivity contribution in [1.29, 1.82) is 0 Å². The Labute approximate surface area is 213 Å². The quantitative estimate of drug-likeness (QED) is 0.185. The number of aryl methyl sites for hydroxylation is 2. The van der Waals surface area contributed by atoms with Gasteiger partial charge in [-0.25, -0.2) is 4.39 Å². The lowest BCUT2D eigenvalue weighted by atomic mass is 10.0. The second-order valence-corrected chi connectivity index (χ2v) is 8.90. The first kappa shape index (κ1) is 23.9. The highest BCUT2D eigenvalue weighted by Crippen LogP contribution is 2.45. The van der Waals surface area contributed by atoms with Gasteiger partial charge in [-0.2, -0.15) is 0 Å². The van der Waals surface area contributed by atoms with Gasteiger partial charge in [-0.05, 0) is 66.4 Å². The molecule has 0 saturated heterocycles. The third kappa shape index (κ3) is 4.36. The van der Waals surface area contributed by atoms with E-state index in [2.05, 4.69) is 10.2 Å². The first-order valence-corrected chi connectivity index (χ1v) is 11.7. The lowest BCUT2D eigenvalue weighted by molar-refractivity contribution is 0.112. The topological polar surface area (TPSA) is 87.2 Å². The van der Waals surface area contributed by atoms with Crippen LogP contribution in [0.4, 0.5) is 15.8 Å². The number of benzene rings is 4. The van der Waals surface area contributed by atoms with Gasteiger partial charge in [-0.3, -0.25) is 9.36 Å². The molecule has 5 aromatic rings. The number of hydrogen-bond acceptors (Lipinski definition) is 5. The number of carbonyl (C=O) groups excluding carboxylic acids is 1. The van der Waals surface area contributed by atoms with E-state index >= 15 is 0 Å². The summed E-state index contributed by atoms with van der Waals surface area (Å²) in [6, 6.07) is 22.8. The summed E-state index contributed by atoms with van der Waals surface area (Å²) in [5, 5.41) is 31.6. The molecule has 1 heterocycles. The first-order chi connectivity index (χ1) is 17.9. The zero-order valence-electron chi connectivity index (χ0n) is 20.3. The average molecular weight is 494 g/mol. The number of phenolic OH excluding ortho intramolecular Hbond substituents is 1. The molecule has 0 bridgehead atoms. The van der Waals surface area contributed by atoms with E-state index in [-0.39, 0.29) is 23.0 Å². The van der Waals surface area contributed by atoms with Gasteiger partial charge in [0, 0.05) is 22.2 Å². The monoisotopic (exact) mass is 493 g/mol. The van der Waals surface area contributed by atoms with Crippen LogP contribution in [0.5, 0.6) is 11.6 Å². The van der Waals surface area contributed by atoms with Gasteiger partial charge in [-0.15, -0.1) is 10.2 Å². The Morgan fingerprint density at radius 1 is 0.919 bits per heavy atom. The number of hydrogen-bond donors (Lipinski definition) is 2. The van der Waals surface area contributed by atoms with E-state index in [9.17, 15) is 19.4 Å². The second kappa shape index (κ2) is 9.70. The van der Waals surface area contributed by atoms with Gasteiger partial charge in [0.25, 0.3) is 0 Å². The number of aromatic nitrogens is 1. The molecule has 4 aromatic carbocycles. The van der Waals surface area contributed by atoms with Crippen LogP contribution in [-0.2, 0) is 6.67 Å². The zero-order chi connectivity index (χ0) is 26.1. The molecule has 2 N–H and O–H groups in total. The van der Waals surface area contributed by atoms with Crippen LogP contribution in [0.15, 0.2) is 89.1 Å². The van der Waals surface area contributed by atoms with Crippen LogP contribution in [0.3, 0.4) is 0 Å². The van der Waals surface area contributed by atoms with Crippen LogP contribution in [0.25, 0.3) is 27.7 Å². The van der Waals surface area contributed by atoms with Crippen LogP contribution in [-0.4, -0.2) is 21.1 Å². The molecule has 0 unspecified atom stereocenters. The van der Waals surface area contributed by atoms with Crippen molar-refractivity contribution in [2.75, 3.05) is 0 Å². The van der Waals surface area contributed by atoms with Gasteiger partial charge in [0.2, 0.25) is 5.88 Å². The fourth-order valence-corrected chi connectivity index (χ4v) is 4.62. The van der Waals surface area contributed by atoms with Crippen molar-refractivity contribution in [3.05, 3.63) is 101 Å². The minimum Gasteiger partial charge on any atom is -0.505 e. The highest BCUT2D eigenvalue weighted by molar-refractivity contribution is 5.99. The summed E-state index contributed by atoms with van der Waals surface area (Å²) in [6.07, 6.45) is 0.746. The van der Waals surface area contributed by atoms with Crippen LogP contribution in [0, 0.1) is 13.8 Å². The van der Waals surface area contributed by atoms with Crippen LogP contribution >= 0.6 is 0 Å². The third-order valence-corrected chi connectivity index (χ3v) is 6.29. The molecule has 0 radical (unpaired) electrons. The van der Waals surface area contributed by atoms with E-state index in [1.165, 1.54) is 0 Å². The molecule has 0 fully saturated rings. The molecule has 5 rings (SSSR count). The van der Waals surface area contributed by atoms with Crippen LogP contribution in [0.1, 0.15) is 27.0 Å². The van der Waals surface area contributed by atoms with Crippen molar-refractivity contribution in [2.45, 2.75) is 20.5 Å². The molecule has 0 saturated carbocycles. The van der Waals surface area contributed by atoms with Crippen molar-refractivity contribution < 1.29 is 19.4 Å². The minimum atomic E-state index is -0.621. The number of aldehydes is 1. The fraction of sp³-hybridized carbons (Fsp3) is 0.100. The summed E-state index contributed by atoms with van der Waals surface area (Å²) in [7, 11) is 0. The van der Waals surface area contributed by atoms with Gasteiger partial charge >= 0.3 is 0 Å². The van der Waals surface area contributed by atoms with Gasteiger partial charge in [0.15, 0.2) is 11.4 Å². The lowest BCUT2D eigenvalue weighted by Gasteiger charge is -2.09. The number of rotatable bonds is 6. The number of aromatic hydroxyl groups is 2. The number of azo groups is 1. The third-order valence-electron chi connectivity index (χ3n) is 6.29. The Kier molecular flexibility index (Phi) is 6.27. The van der Waals surface area contributed by atoms with Gasteiger partial charge in [0.05, 0.1) is 5.52 Å². The fourth-order valence-electron chi connectivity index (χ4n) is 4.62. The van der Waals surface area contributed by atoms with E-state index in [0.717, 1.165) is 17.4 Å². The van der Waals surface area contributed by atoms with Crippen molar-refractivity contribution >= 4 is 28.6 Å². The van der Waals surface area contributed by atoms with E-state index < -0.39 is 6.67 Å². The molecular formula is C30H24FN3O3. The minimum absolute atomic E-state index is 0.0965. The van der Waals surface area contributed by atoms with Crippen LogP contribution in [0.2, 0.25) is 0 Å². The molecule has 7 heteroatoms.